The summed E-state index contributed by atoms with van der Waals surface area (Å²) in [5, 5.41) is 8.87. The Morgan fingerprint density at radius 2 is 1.88 bits per heavy atom. The van der Waals surface area contributed by atoms with Gasteiger partial charge in [-0.1, -0.05) is 29.5 Å². The van der Waals surface area contributed by atoms with Crippen LogP contribution in [0.15, 0.2) is 70.0 Å². The number of halogens is 1. The second-order valence-electron chi connectivity index (χ2n) is 5.38. The van der Waals surface area contributed by atoms with Crippen molar-refractivity contribution in [3.63, 3.8) is 0 Å². The van der Waals surface area contributed by atoms with Crippen LogP contribution in [0.3, 0.4) is 0 Å². The molecule has 0 saturated heterocycles. The standard InChI is InChI=1S/C18H14N4O2.ClH/c19-10-14-9-17(23)15-7-6-12(8-18(15)24-14)16-11-22(21-20-16)13-4-2-1-3-5-13;/h1-9,11H,10,19H2;1H. The number of nitrogens with zero attached hydrogens (tertiary/aromatic N) is 3. The molecule has 6 nitrogen and oxygen atoms in total. The normalized spacial score (nSPS) is 10.6. The van der Waals surface area contributed by atoms with Gasteiger partial charge in [0.05, 0.1) is 23.8 Å². The van der Waals surface area contributed by atoms with Gasteiger partial charge < -0.3 is 10.2 Å². The molecule has 0 saturated carbocycles. The van der Waals surface area contributed by atoms with E-state index in [1.807, 2.05) is 42.6 Å². The maximum atomic E-state index is 12.0. The molecule has 0 radical (unpaired) electrons. The lowest BCUT2D eigenvalue weighted by molar-refractivity contribution is 0.539. The molecule has 2 aromatic carbocycles. The third-order valence-corrected chi connectivity index (χ3v) is 3.79. The number of aromatic nitrogens is 3. The predicted molar refractivity (Wildman–Crippen MR) is 98.0 cm³/mol. The molecule has 0 amide bonds. The topological polar surface area (TPSA) is 86.9 Å². The molecule has 2 aromatic heterocycles. The Hall–Kier alpha value is -2.96. The minimum Gasteiger partial charge on any atom is -0.459 e. The molecule has 0 aliphatic rings. The maximum Gasteiger partial charge on any atom is 0.192 e. The van der Waals surface area contributed by atoms with Gasteiger partial charge in [0.1, 0.15) is 17.0 Å². The summed E-state index contributed by atoms with van der Waals surface area (Å²) < 4.78 is 7.37. The van der Waals surface area contributed by atoms with Crippen LogP contribution in [0.2, 0.25) is 0 Å². The largest absolute Gasteiger partial charge is 0.459 e. The van der Waals surface area contributed by atoms with E-state index in [2.05, 4.69) is 10.3 Å². The number of para-hydroxylation sites is 1. The average molecular weight is 355 g/mol. The molecule has 2 N–H and O–H groups in total. The van der Waals surface area contributed by atoms with Crippen LogP contribution in [0.1, 0.15) is 5.76 Å². The molecule has 4 rings (SSSR count). The highest BCUT2D eigenvalue weighted by Crippen LogP contribution is 2.22. The van der Waals surface area contributed by atoms with Crippen LogP contribution in [0.25, 0.3) is 27.9 Å². The van der Waals surface area contributed by atoms with Crippen LogP contribution in [0.4, 0.5) is 0 Å². The van der Waals surface area contributed by atoms with E-state index in [-0.39, 0.29) is 24.4 Å². The number of hydrogen-bond donors (Lipinski definition) is 1. The maximum absolute atomic E-state index is 12.0. The van der Waals surface area contributed by atoms with Gasteiger partial charge in [0.25, 0.3) is 0 Å². The number of fused-ring (bicyclic) bond motifs is 1. The van der Waals surface area contributed by atoms with Gasteiger partial charge in [0, 0.05) is 11.6 Å². The Labute approximate surface area is 149 Å². The zero-order valence-corrected chi connectivity index (χ0v) is 13.9. The molecule has 25 heavy (non-hydrogen) atoms. The van der Waals surface area contributed by atoms with Crippen LogP contribution in [0.5, 0.6) is 0 Å². The first-order chi connectivity index (χ1) is 11.7. The third-order valence-electron chi connectivity index (χ3n) is 3.79. The highest BCUT2D eigenvalue weighted by atomic mass is 35.5. The Bertz CT molecular complexity index is 1070. The Balaban J connectivity index is 0.00000182. The third kappa shape index (κ3) is 3.17. The van der Waals surface area contributed by atoms with E-state index in [1.54, 1.807) is 16.8 Å². The van der Waals surface area contributed by atoms with Crippen molar-refractivity contribution in [2.75, 3.05) is 0 Å². The highest BCUT2D eigenvalue weighted by molar-refractivity contribution is 5.85. The van der Waals surface area contributed by atoms with Crippen molar-refractivity contribution in [2.45, 2.75) is 6.54 Å². The van der Waals surface area contributed by atoms with E-state index in [4.69, 9.17) is 10.2 Å². The van der Waals surface area contributed by atoms with E-state index in [0.29, 0.717) is 22.4 Å². The number of benzene rings is 2. The molecular formula is C18H15ClN4O2. The fourth-order valence-electron chi connectivity index (χ4n) is 2.57. The van der Waals surface area contributed by atoms with Crippen molar-refractivity contribution in [1.82, 2.24) is 15.0 Å². The Kier molecular flexibility index (Phi) is 4.65. The fraction of sp³-hybridized carbons (Fsp3) is 0.0556. The summed E-state index contributed by atoms with van der Waals surface area (Å²) in [4.78, 5) is 12.0. The summed E-state index contributed by atoms with van der Waals surface area (Å²) in [7, 11) is 0. The molecule has 0 bridgehead atoms. The predicted octanol–water partition coefficient (Wildman–Crippen LogP) is 2.92. The molecule has 0 aliphatic carbocycles. The lowest BCUT2D eigenvalue weighted by Crippen LogP contribution is -2.05. The van der Waals surface area contributed by atoms with Gasteiger partial charge in [-0.2, -0.15) is 0 Å². The summed E-state index contributed by atoms with van der Waals surface area (Å²) in [6, 6.07) is 16.5. The second-order valence-corrected chi connectivity index (χ2v) is 5.38. The Morgan fingerprint density at radius 3 is 2.64 bits per heavy atom. The van der Waals surface area contributed by atoms with Gasteiger partial charge in [-0.15, -0.1) is 17.5 Å². The van der Waals surface area contributed by atoms with Crippen molar-refractivity contribution in [1.29, 1.82) is 0 Å². The lowest BCUT2D eigenvalue weighted by atomic mass is 10.1. The SMILES string of the molecule is Cl.NCc1cc(=O)c2ccc(-c3cn(-c4ccccc4)nn3)cc2o1. The quantitative estimate of drug-likeness (QED) is 0.611. The average Bonchev–Trinajstić information content (AvgIpc) is 3.12. The van der Waals surface area contributed by atoms with Crippen LogP contribution in [-0.4, -0.2) is 15.0 Å². The molecule has 2 heterocycles. The van der Waals surface area contributed by atoms with Crippen molar-refractivity contribution in [3.8, 4) is 16.9 Å². The first kappa shape index (κ1) is 16.9. The van der Waals surface area contributed by atoms with Crippen LogP contribution in [-0.2, 0) is 6.54 Å². The molecule has 0 aliphatic heterocycles. The van der Waals surface area contributed by atoms with Crippen molar-refractivity contribution in [2.24, 2.45) is 5.73 Å². The summed E-state index contributed by atoms with van der Waals surface area (Å²) in [6.45, 7) is 0.180. The van der Waals surface area contributed by atoms with Gasteiger partial charge in [0.2, 0.25) is 0 Å². The highest BCUT2D eigenvalue weighted by Gasteiger charge is 2.09. The van der Waals surface area contributed by atoms with Crippen LogP contribution in [0, 0.1) is 0 Å². The van der Waals surface area contributed by atoms with E-state index >= 15 is 0 Å². The first-order valence-electron chi connectivity index (χ1n) is 7.49. The van der Waals surface area contributed by atoms with E-state index in [1.165, 1.54) is 6.07 Å². The molecule has 4 aromatic rings. The Morgan fingerprint density at radius 1 is 1.08 bits per heavy atom. The number of rotatable bonds is 3. The fourth-order valence-corrected chi connectivity index (χ4v) is 2.57. The zero-order chi connectivity index (χ0) is 16.5. The molecule has 0 fully saturated rings. The molecule has 126 valence electrons. The lowest BCUT2D eigenvalue weighted by Gasteiger charge is -2.02. The van der Waals surface area contributed by atoms with Crippen molar-refractivity contribution < 1.29 is 4.42 Å². The smallest absolute Gasteiger partial charge is 0.192 e. The van der Waals surface area contributed by atoms with E-state index in [0.717, 1.165) is 11.3 Å². The van der Waals surface area contributed by atoms with Crippen molar-refractivity contribution in [3.05, 3.63) is 76.8 Å². The van der Waals surface area contributed by atoms with Crippen molar-refractivity contribution >= 4 is 23.4 Å². The monoisotopic (exact) mass is 354 g/mol. The minimum atomic E-state index is -0.101. The number of hydrogen-bond acceptors (Lipinski definition) is 5. The molecular weight excluding hydrogens is 340 g/mol. The first-order valence-corrected chi connectivity index (χ1v) is 7.49. The molecule has 0 unspecified atom stereocenters. The van der Waals surface area contributed by atoms with E-state index < -0.39 is 0 Å². The van der Waals surface area contributed by atoms with Gasteiger partial charge in [0.15, 0.2) is 5.43 Å². The minimum absolute atomic E-state index is 0. The summed E-state index contributed by atoms with van der Waals surface area (Å²) in [5.41, 5.74) is 8.40. The number of nitrogens with two attached hydrogens (primary N) is 1. The second kappa shape index (κ2) is 6.88. The molecule has 0 spiro atoms. The zero-order valence-electron chi connectivity index (χ0n) is 13.1. The summed E-state index contributed by atoms with van der Waals surface area (Å²) in [5.74, 6) is 0.456. The summed E-state index contributed by atoms with van der Waals surface area (Å²) in [6.07, 6.45) is 1.83. The van der Waals surface area contributed by atoms with Gasteiger partial charge in [-0.25, -0.2) is 4.68 Å². The van der Waals surface area contributed by atoms with Gasteiger partial charge >= 0.3 is 0 Å². The van der Waals surface area contributed by atoms with Crippen LogP contribution >= 0.6 is 12.4 Å². The van der Waals surface area contributed by atoms with Gasteiger partial charge in [-0.3, -0.25) is 4.79 Å². The molecule has 0 atom stereocenters. The molecule has 7 heteroatoms. The van der Waals surface area contributed by atoms with Gasteiger partial charge in [-0.05, 0) is 24.3 Å². The van der Waals surface area contributed by atoms with E-state index in [9.17, 15) is 4.79 Å². The van der Waals surface area contributed by atoms with Crippen LogP contribution < -0.4 is 11.2 Å². The summed E-state index contributed by atoms with van der Waals surface area (Å²) >= 11 is 0.